The number of hydrogen-bond acceptors (Lipinski definition) is 0. The molecule has 0 saturated carbocycles. The Bertz CT molecular complexity index is 3110. The Labute approximate surface area is 288 Å². The summed E-state index contributed by atoms with van der Waals surface area (Å²) in [4.78, 5) is 0. The normalized spacial score (nSPS) is 12.0. The van der Waals surface area contributed by atoms with E-state index in [1.807, 2.05) is 0 Å². The summed E-state index contributed by atoms with van der Waals surface area (Å²) in [6.07, 6.45) is 0. The highest BCUT2D eigenvalue weighted by atomic mass is 15.0. The minimum absolute atomic E-state index is 1.15. The van der Waals surface area contributed by atoms with E-state index >= 15 is 0 Å². The molecule has 2 heteroatoms. The maximum atomic E-state index is 2.48. The molecule has 2 heterocycles. The molecule has 50 heavy (non-hydrogen) atoms. The molecule has 0 bridgehead atoms. The second-order valence-electron chi connectivity index (χ2n) is 13.3. The van der Waals surface area contributed by atoms with Crippen LogP contribution in [0.5, 0.6) is 0 Å². The quantitative estimate of drug-likeness (QED) is 0.171. The van der Waals surface area contributed by atoms with E-state index in [1.165, 1.54) is 87.1 Å². The first kappa shape index (κ1) is 27.3. The van der Waals surface area contributed by atoms with Crippen LogP contribution in [0, 0.1) is 0 Å². The van der Waals surface area contributed by atoms with Gasteiger partial charge in [-0.05, 0) is 85.9 Å². The van der Waals surface area contributed by atoms with Gasteiger partial charge < -0.3 is 9.13 Å². The van der Waals surface area contributed by atoms with Crippen molar-refractivity contribution in [1.29, 1.82) is 0 Å². The van der Waals surface area contributed by atoms with Crippen LogP contribution >= 0.6 is 0 Å². The van der Waals surface area contributed by atoms with Gasteiger partial charge in [-0.1, -0.05) is 140 Å². The summed E-state index contributed by atoms with van der Waals surface area (Å²) in [6, 6.07) is 66.7. The Balaban J connectivity index is 1.21. The van der Waals surface area contributed by atoms with Crippen LogP contribution in [0.3, 0.4) is 0 Å². The lowest BCUT2D eigenvalue weighted by Gasteiger charge is -2.14. The molecule has 2 aromatic heterocycles. The molecule has 11 aromatic rings. The molecule has 0 radical (unpaired) electrons. The van der Waals surface area contributed by atoms with Crippen molar-refractivity contribution in [2.75, 3.05) is 0 Å². The highest BCUT2D eigenvalue weighted by Gasteiger charge is 2.21. The Morgan fingerprint density at radius 1 is 0.240 bits per heavy atom. The molecular weight excluding hydrogens is 605 g/mol. The van der Waals surface area contributed by atoms with Crippen LogP contribution in [0.15, 0.2) is 182 Å². The summed E-state index contributed by atoms with van der Waals surface area (Å²) < 4.78 is 4.93. The Kier molecular flexibility index (Phi) is 5.70. The molecule has 0 aliphatic carbocycles. The highest BCUT2D eigenvalue weighted by Crippen LogP contribution is 2.42. The third-order valence-electron chi connectivity index (χ3n) is 10.7. The van der Waals surface area contributed by atoms with E-state index in [9.17, 15) is 0 Å². The lowest BCUT2D eigenvalue weighted by atomic mass is 9.92. The maximum Gasteiger partial charge on any atom is 0.0788 e. The molecular formula is C48H30N2. The van der Waals surface area contributed by atoms with Crippen LogP contribution < -0.4 is 0 Å². The predicted octanol–water partition coefficient (Wildman–Crippen LogP) is 13.0. The first-order valence-electron chi connectivity index (χ1n) is 17.3. The number of rotatable bonds is 3. The van der Waals surface area contributed by atoms with Gasteiger partial charge >= 0.3 is 0 Å². The zero-order chi connectivity index (χ0) is 32.8. The van der Waals surface area contributed by atoms with Crippen molar-refractivity contribution in [1.82, 2.24) is 9.13 Å². The van der Waals surface area contributed by atoms with E-state index in [1.54, 1.807) is 0 Å². The number of fused-ring (bicyclic) bond motifs is 13. The molecule has 0 spiro atoms. The summed E-state index contributed by atoms with van der Waals surface area (Å²) in [7, 11) is 0. The molecule has 0 saturated heterocycles. The predicted molar refractivity (Wildman–Crippen MR) is 213 cm³/mol. The smallest absolute Gasteiger partial charge is 0.0788 e. The molecule has 9 aromatic carbocycles. The third kappa shape index (κ3) is 3.79. The van der Waals surface area contributed by atoms with E-state index in [0.29, 0.717) is 0 Å². The molecule has 232 valence electrons. The first-order chi connectivity index (χ1) is 24.8. The zero-order valence-electron chi connectivity index (χ0n) is 27.2. The number of aromatic nitrogens is 2. The number of hydrogen-bond donors (Lipinski definition) is 0. The molecule has 0 amide bonds. The first-order valence-corrected chi connectivity index (χ1v) is 17.3. The summed E-state index contributed by atoms with van der Waals surface area (Å²) in [5.41, 5.74) is 9.57. The number of benzene rings is 9. The van der Waals surface area contributed by atoms with Gasteiger partial charge in [-0.25, -0.2) is 0 Å². The highest BCUT2D eigenvalue weighted by molar-refractivity contribution is 6.26. The zero-order valence-corrected chi connectivity index (χ0v) is 27.2. The van der Waals surface area contributed by atoms with E-state index in [2.05, 4.69) is 191 Å². The molecule has 0 unspecified atom stereocenters. The lowest BCUT2D eigenvalue weighted by molar-refractivity contribution is 1.15. The lowest BCUT2D eigenvalue weighted by Crippen LogP contribution is -1.98. The molecule has 0 aliphatic rings. The van der Waals surface area contributed by atoms with Gasteiger partial charge in [-0.3, -0.25) is 0 Å². The van der Waals surface area contributed by atoms with Gasteiger partial charge in [0.05, 0.1) is 22.1 Å². The van der Waals surface area contributed by atoms with Gasteiger partial charge in [0.1, 0.15) is 0 Å². The number of nitrogens with zero attached hydrogens (tertiary/aromatic N) is 2. The summed E-state index contributed by atoms with van der Waals surface area (Å²) in [5, 5.41) is 12.8. The largest absolute Gasteiger partial charge is 0.307 e. The van der Waals surface area contributed by atoms with Gasteiger partial charge in [0.15, 0.2) is 0 Å². The Hall–Kier alpha value is -6.64. The average Bonchev–Trinajstić information content (AvgIpc) is 3.71. The molecule has 0 atom stereocenters. The third-order valence-corrected chi connectivity index (χ3v) is 10.7. The Morgan fingerprint density at radius 3 is 1.26 bits per heavy atom. The van der Waals surface area contributed by atoms with Crippen LogP contribution in [-0.2, 0) is 0 Å². The van der Waals surface area contributed by atoms with Crippen molar-refractivity contribution in [3.63, 3.8) is 0 Å². The van der Waals surface area contributed by atoms with Gasteiger partial charge in [-0.2, -0.15) is 0 Å². The fourth-order valence-electron chi connectivity index (χ4n) is 8.53. The minimum Gasteiger partial charge on any atom is -0.307 e. The number of para-hydroxylation sites is 3. The average molecular weight is 635 g/mol. The van der Waals surface area contributed by atoms with Crippen LogP contribution in [0.4, 0.5) is 0 Å². The van der Waals surface area contributed by atoms with Crippen LogP contribution in [-0.4, -0.2) is 9.13 Å². The topological polar surface area (TPSA) is 9.86 Å². The van der Waals surface area contributed by atoms with E-state index in [0.717, 1.165) is 11.4 Å². The monoisotopic (exact) mass is 634 g/mol. The second kappa shape index (κ2) is 10.4. The Morgan fingerprint density at radius 2 is 0.660 bits per heavy atom. The standard InChI is InChI=1S/C48H30N2/c1-2-14-33(15-3-1)49-45-23-10-8-21-40(45)42-27-28-43-41-22-9-11-24-46(41)50(48(43)47(42)49)34-16-12-13-31(29-34)32-25-26-39-37-19-5-4-17-35(37)36-18-6-7-20-38(36)44(39)30-32/h1-30H. The van der Waals surface area contributed by atoms with Gasteiger partial charge in [0, 0.05) is 32.9 Å². The fraction of sp³-hybridized carbons (Fsp3) is 0. The van der Waals surface area contributed by atoms with Crippen molar-refractivity contribution in [3.05, 3.63) is 182 Å². The van der Waals surface area contributed by atoms with Crippen molar-refractivity contribution in [3.8, 4) is 22.5 Å². The maximum absolute atomic E-state index is 2.48. The van der Waals surface area contributed by atoms with Gasteiger partial charge in [0.25, 0.3) is 0 Å². The minimum atomic E-state index is 1.15. The van der Waals surface area contributed by atoms with Crippen molar-refractivity contribution in [2.45, 2.75) is 0 Å². The van der Waals surface area contributed by atoms with Crippen LogP contribution in [0.1, 0.15) is 0 Å². The fourth-order valence-corrected chi connectivity index (χ4v) is 8.53. The van der Waals surface area contributed by atoms with Crippen LogP contribution in [0.2, 0.25) is 0 Å². The molecule has 0 fully saturated rings. The van der Waals surface area contributed by atoms with Crippen LogP contribution in [0.25, 0.3) is 98.4 Å². The SMILES string of the molecule is c1ccc(-n2c3ccccc3c3ccc4c5ccccc5n(-c5cccc(-c6ccc7c8ccccc8c8ccccc8c7c6)c5)c4c32)cc1. The van der Waals surface area contributed by atoms with Crippen molar-refractivity contribution >= 4 is 75.9 Å². The van der Waals surface area contributed by atoms with Gasteiger partial charge in [0.2, 0.25) is 0 Å². The molecule has 0 aliphatic heterocycles. The molecule has 0 N–H and O–H groups in total. The van der Waals surface area contributed by atoms with Crippen molar-refractivity contribution in [2.24, 2.45) is 0 Å². The summed E-state index contributed by atoms with van der Waals surface area (Å²) >= 11 is 0. The molecule has 11 rings (SSSR count). The summed E-state index contributed by atoms with van der Waals surface area (Å²) in [5.74, 6) is 0. The summed E-state index contributed by atoms with van der Waals surface area (Å²) in [6.45, 7) is 0. The van der Waals surface area contributed by atoms with E-state index < -0.39 is 0 Å². The van der Waals surface area contributed by atoms with E-state index in [4.69, 9.17) is 0 Å². The van der Waals surface area contributed by atoms with E-state index in [-0.39, 0.29) is 0 Å². The molecule has 2 nitrogen and oxygen atoms in total. The van der Waals surface area contributed by atoms with Crippen molar-refractivity contribution < 1.29 is 0 Å². The second-order valence-corrected chi connectivity index (χ2v) is 13.3. The van der Waals surface area contributed by atoms with Gasteiger partial charge in [-0.15, -0.1) is 0 Å².